The van der Waals surface area contributed by atoms with Crippen molar-refractivity contribution in [2.24, 2.45) is 5.92 Å². The number of hydrogen-bond acceptors (Lipinski definition) is 4. The van der Waals surface area contributed by atoms with E-state index in [9.17, 15) is 14.4 Å². The van der Waals surface area contributed by atoms with Crippen LogP contribution in [0.3, 0.4) is 0 Å². The van der Waals surface area contributed by atoms with Crippen molar-refractivity contribution in [3.63, 3.8) is 0 Å². The molecule has 29 heavy (non-hydrogen) atoms. The third-order valence-electron chi connectivity index (χ3n) is 5.88. The number of hydrogen-bond donors (Lipinski definition) is 1. The molecule has 1 N–H and O–H groups in total. The molecule has 2 aromatic heterocycles. The van der Waals surface area contributed by atoms with Gasteiger partial charge in [0.05, 0.1) is 17.3 Å². The van der Waals surface area contributed by atoms with Crippen LogP contribution in [0, 0.1) is 5.92 Å². The topological polar surface area (TPSA) is 84.8 Å². The number of aromatic amines is 1. The predicted molar refractivity (Wildman–Crippen MR) is 112 cm³/mol. The molecule has 0 radical (unpaired) electrons. The molecule has 0 amide bonds. The summed E-state index contributed by atoms with van der Waals surface area (Å²) in [6.45, 7) is 0. The first kappa shape index (κ1) is 19.3. The van der Waals surface area contributed by atoms with Gasteiger partial charge >= 0.3 is 5.69 Å². The summed E-state index contributed by atoms with van der Waals surface area (Å²) in [6, 6.07) is 11.6. The first-order valence-corrected chi connectivity index (χ1v) is 10.3. The number of carbonyl (C=O) groups excluding carboxylic acids is 1. The third kappa shape index (κ3) is 4.21. The lowest BCUT2D eigenvalue weighted by molar-refractivity contribution is -0.122. The van der Waals surface area contributed by atoms with Gasteiger partial charge < -0.3 is 4.98 Å². The summed E-state index contributed by atoms with van der Waals surface area (Å²) in [7, 11) is 0. The van der Waals surface area contributed by atoms with Crippen molar-refractivity contribution in [3.05, 3.63) is 75.2 Å². The Balaban J connectivity index is 1.75. The first-order chi connectivity index (χ1) is 14.1. The molecule has 1 aromatic carbocycles. The molecule has 1 aliphatic carbocycles. The molecular formula is C23H25N3O3. The van der Waals surface area contributed by atoms with E-state index >= 15 is 0 Å². The zero-order chi connectivity index (χ0) is 20.2. The van der Waals surface area contributed by atoms with Crippen molar-refractivity contribution >= 4 is 16.7 Å². The van der Waals surface area contributed by atoms with Gasteiger partial charge in [-0.25, -0.2) is 9.36 Å². The highest BCUT2D eigenvalue weighted by Crippen LogP contribution is 2.31. The maximum absolute atomic E-state index is 13.3. The third-order valence-corrected chi connectivity index (χ3v) is 5.88. The van der Waals surface area contributed by atoms with Crippen molar-refractivity contribution in [2.75, 3.05) is 0 Å². The number of aromatic nitrogens is 3. The lowest BCUT2D eigenvalue weighted by Gasteiger charge is -2.26. The second-order valence-corrected chi connectivity index (χ2v) is 7.87. The number of pyridine rings is 1. The molecule has 1 fully saturated rings. The minimum atomic E-state index is -0.777. The molecule has 1 unspecified atom stereocenters. The van der Waals surface area contributed by atoms with E-state index in [2.05, 4.69) is 9.97 Å². The highest BCUT2D eigenvalue weighted by molar-refractivity contribution is 5.85. The van der Waals surface area contributed by atoms with Crippen LogP contribution in [-0.2, 0) is 11.2 Å². The molecule has 2 heterocycles. The fraction of sp³-hybridized carbons (Fsp3) is 0.391. The van der Waals surface area contributed by atoms with Gasteiger partial charge in [-0.1, -0.05) is 50.3 Å². The highest BCUT2D eigenvalue weighted by Gasteiger charge is 2.29. The molecule has 150 valence electrons. The summed E-state index contributed by atoms with van der Waals surface area (Å²) in [6.07, 6.45) is 7.82. The molecule has 1 saturated carbocycles. The van der Waals surface area contributed by atoms with E-state index in [1.165, 1.54) is 6.42 Å². The second-order valence-electron chi connectivity index (χ2n) is 7.87. The quantitative estimate of drug-likeness (QED) is 0.698. The van der Waals surface area contributed by atoms with Gasteiger partial charge in [0.2, 0.25) is 0 Å². The van der Waals surface area contributed by atoms with Crippen LogP contribution in [0.25, 0.3) is 10.9 Å². The molecule has 1 atom stereocenters. The van der Waals surface area contributed by atoms with E-state index in [-0.39, 0.29) is 12.2 Å². The summed E-state index contributed by atoms with van der Waals surface area (Å²) in [5.41, 5.74) is 0.215. The van der Waals surface area contributed by atoms with Crippen molar-refractivity contribution < 1.29 is 4.79 Å². The van der Waals surface area contributed by atoms with Crippen LogP contribution in [0.2, 0.25) is 0 Å². The Morgan fingerprint density at radius 1 is 1.07 bits per heavy atom. The molecule has 0 aliphatic heterocycles. The fourth-order valence-corrected chi connectivity index (χ4v) is 4.38. The number of rotatable bonds is 6. The number of H-pyrrole nitrogens is 1. The average molecular weight is 391 g/mol. The number of fused-ring (bicyclic) bond motifs is 1. The molecule has 1 aliphatic rings. The predicted octanol–water partition coefficient (Wildman–Crippen LogP) is 3.41. The molecule has 6 heteroatoms. The van der Waals surface area contributed by atoms with Gasteiger partial charge in [-0.3, -0.25) is 14.6 Å². The van der Waals surface area contributed by atoms with Crippen LogP contribution in [-0.4, -0.2) is 20.3 Å². The van der Waals surface area contributed by atoms with Gasteiger partial charge in [-0.15, -0.1) is 0 Å². The Hall–Kier alpha value is -3.02. The number of nitrogens with zero attached hydrogens (tertiary/aromatic N) is 2. The van der Waals surface area contributed by atoms with E-state index < -0.39 is 17.3 Å². The van der Waals surface area contributed by atoms with E-state index in [0.29, 0.717) is 28.9 Å². The monoisotopic (exact) mass is 391 g/mol. The van der Waals surface area contributed by atoms with Crippen molar-refractivity contribution in [3.8, 4) is 0 Å². The summed E-state index contributed by atoms with van der Waals surface area (Å²) < 4.78 is 1.14. The highest BCUT2D eigenvalue weighted by atomic mass is 16.2. The van der Waals surface area contributed by atoms with E-state index in [0.717, 1.165) is 30.3 Å². The SMILES string of the molecule is O=C(Cc1ccccn1)C(CC1CCCCC1)n1c(=O)[nH]c2ccccc2c1=O. The normalized spacial score (nSPS) is 16.0. The lowest BCUT2D eigenvalue weighted by atomic mass is 9.83. The van der Waals surface area contributed by atoms with Gasteiger partial charge in [0.15, 0.2) is 5.78 Å². The van der Waals surface area contributed by atoms with E-state index in [1.807, 2.05) is 6.07 Å². The molecule has 0 bridgehead atoms. The van der Waals surface area contributed by atoms with Gasteiger partial charge in [-0.05, 0) is 36.6 Å². The van der Waals surface area contributed by atoms with Crippen LogP contribution in [0.1, 0.15) is 50.3 Å². The number of Topliss-reactive ketones (excluding diaryl/α,β-unsaturated/α-hetero) is 1. The van der Waals surface area contributed by atoms with Crippen LogP contribution >= 0.6 is 0 Å². The lowest BCUT2D eigenvalue weighted by Crippen LogP contribution is -2.42. The van der Waals surface area contributed by atoms with E-state index in [1.54, 1.807) is 42.6 Å². The number of benzene rings is 1. The Bertz CT molecular complexity index is 1110. The van der Waals surface area contributed by atoms with Crippen molar-refractivity contribution in [1.82, 2.24) is 14.5 Å². The minimum absolute atomic E-state index is 0.108. The molecule has 3 aromatic rings. The summed E-state index contributed by atoms with van der Waals surface area (Å²) in [5.74, 6) is 0.205. The minimum Gasteiger partial charge on any atom is -0.307 e. The van der Waals surface area contributed by atoms with Crippen LogP contribution in [0.15, 0.2) is 58.3 Å². The van der Waals surface area contributed by atoms with Crippen LogP contribution in [0.5, 0.6) is 0 Å². The molecule has 0 spiro atoms. The largest absolute Gasteiger partial charge is 0.329 e. The van der Waals surface area contributed by atoms with Crippen LogP contribution < -0.4 is 11.2 Å². The fourth-order valence-electron chi connectivity index (χ4n) is 4.38. The summed E-state index contributed by atoms with van der Waals surface area (Å²) in [4.78, 5) is 46.3. The van der Waals surface area contributed by atoms with Gasteiger partial charge in [0.1, 0.15) is 6.04 Å². The zero-order valence-electron chi connectivity index (χ0n) is 16.3. The van der Waals surface area contributed by atoms with Crippen molar-refractivity contribution in [2.45, 2.75) is 51.0 Å². The number of carbonyl (C=O) groups is 1. The maximum Gasteiger partial charge on any atom is 0.329 e. The van der Waals surface area contributed by atoms with Gasteiger partial charge in [0.25, 0.3) is 5.56 Å². The first-order valence-electron chi connectivity index (χ1n) is 10.3. The molecule has 0 saturated heterocycles. The Morgan fingerprint density at radius 3 is 2.59 bits per heavy atom. The van der Waals surface area contributed by atoms with Crippen molar-refractivity contribution in [1.29, 1.82) is 0 Å². The van der Waals surface area contributed by atoms with Crippen LogP contribution in [0.4, 0.5) is 0 Å². The maximum atomic E-state index is 13.3. The number of para-hydroxylation sites is 1. The summed E-state index contributed by atoms with van der Waals surface area (Å²) in [5, 5.41) is 0.423. The van der Waals surface area contributed by atoms with Gasteiger partial charge in [-0.2, -0.15) is 0 Å². The standard InChI is InChI=1S/C23H25N3O3/c27-21(15-17-10-6-7-13-24-17)20(14-16-8-2-1-3-9-16)26-22(28)18-11-4-5-12-19(18)25-23(26)29/h4-7,10-13,16,20H,1-3,8-9,14-15H2,(H,25,29). The van der Waals surface area contributed by atoms with E-state index in [4.69, 9.17) is 0 Å². The molecular weight excluding hydrogens is 366 g/mol. The Morgan fingerprint density at radius 2 is 1.83 bits per heavy atom. The number of ketones is 1. The van der Waals surface area contributed by atoms with Gasteiger partial charge in [0, 0.05) is 11.9 Å². The number of nitrogens with one attached hydrogen (secondary N) is 1. The smallest absolute Gasteiger partial charge is 0.307 e. The second kappa shape index (κ2) is 8.55. The Labute approximate surface area is 168 Å². The zero-order valence-corrected chi connectivity index (χ0v) is 16.3. The molecule has 4 rings (SSSR count). The molecule has 6 nitrogen and oxygen atoms in total. The summed E-state index contributed by atoms with van der Waals surface area (Å²) >= 11 is 0. The average Bonchev–Trinajstić information content (AvgIpc) is 2.74. The Kier molecular flexibility index (Phi) is 5.69.